The largest absolute Gasteiger partial charge is 0.289 e. The minimum absolute atomic E-state index is 0.0746. The molecule has 0 heterocycles. The van der Waals surface area contributed by atoms with Crippen LogP contribution >= 0.6 is 15.9 Å². The van der Waals surface area contributed by atoms with E-state index in [2.05, 4.69) is 15.9 Å². The van der Waals surface area contributed by atoms with Crippen molar-refractivity contribution < 1.29 is 4.79 Å². The molecule has 0 aromatic heterocycles. The second-order valence-electron chi connectivity index (χ2n) is 3.65. The lowest BCUT2D eigenvalue weighted by Gasteiger charge is -2.05. The quantitative estimate of drug-likeness (QED) is 0.757. The first kappa shape index (κ1) is 11.1. The maximum absolute atomic E-state index is 12.2. The highest BCUT2D eigenvalue weighted by Crippen LogP contribution is 2.18. The molecule has 0 bridgehead atoms. The molecule has 16 heavy (non-hydrogen) atoms. The summed E-state index contributed by atoms with van der Waals surface area (Å²) in [5, 5.41) is 0. The van der Waals surface area contributed by atoms with Gasteiger partial charge in [-0.25, -0.2) is 0 Å². The SMILES string of the molecule is Cc1cc(Br)ccc1C(=O)c1ccccc1. The number of ketones is 1. The highest BCUT2D eigenvalue weighted by Gasteiger charge is 2.10. The van der Waals surface area contributed by atoms with Crippen molar-refractivity contribution >= 4 is 21.7 Å². The van der Waals surface area contributed by atoms with Crippen LogP contribution in [0, 0.1) is 6.92 Å². The van der Waals surface area contributed by atoms with E-state index in [1.165, 1.54) is 0 Å². The molecule has 0 atom stereocenters. The Bertz CT molecular complexity index is 518. The molecule has 0 aliphatic rings. The maximum atomic E-state index is 12.2. The summed E-state index contributed by atoms with van der Waals surface area (Å²) >= 11 is 3.39. The molecule has 0 N–H and O–H groups in total. The number of halogens is 1. The van der Waals surface area contributed by atoms with E-state index in [0.29, 0.717) is 0 Å². The Morgan fingerprint density at radius 1 is 1.06 bits per heavy atom. The van der Waals surface area contributed by atoms with Crippen molar-refractivity contribution in [2.45, 2.75) is 6.92 Å². The summed E-state index contributed by atoms with van der Waals surface area (Å²) in [5.74, 6) is 0.0746. The second kappa shape index (κ2) is 4.62. The summed E-state index contributed by atoms with van der Waals surface area (Å²) in [6.07, 6.45) is 0. The fraction of sp³-hybridized carbons (Fsp3) is 0.0714. The van der Waals surface area contributed by atoms with E-state index in [9.17, 15) is 4.79 Å². The molecule has 0 aliphatic heterocycles. The molecule has 0 spiro atoms. The van der Waals surface area contributed by atoms with Crippen LogP contribution in [-0.4, -0.2) is 5.78 Å². The summed E-state index contributed by atoms with van der Waals surface area (Å²) in [6.45, 7) is 1.95. The zero-order valence-electron chi connectivity index (χ0n) is 8.91. The van der Waals surface area contributed by atoms with Gasteiger partial charge in [0.05, 0.1) is 0 Å². The van der Waals surface area contributed by atoms with Gasteiger partial charge in [0.2, 0.25) is 0 Å². The van der Waals surface area contributed by atoms with Crippen molar-refractivity contribution in [3.8, 4) is 0 Å². The number of benzene rings is 2. The first-order valence-corrected chi connectivity index (χ1v) is 5.83. The topological polar surface area (TPSA) is 17.1 Å². The first-order valence-electron chi connectivity index (χ1n) is 5.04. The highest BCUT2D eigenvalue weighted by molar-refractivity contribution is 9.10. The van der Waals surface area contributed by atoms with Gasteiger partial charge < -0.3 is 0 Å². The van der Waals surface area contributed by atoms with Gasteiger partial charge in [0.1, 0.15) is 0 Å². The summed E-state index contributed by atoms with van der Waals surface area (Å²) in [7, 11) is 0. The normalized spacial score (nSPS) is 10.1. The van der Waals surface area contributed by atoms with Crippen LogP contribution < -0.4 is 0 Å². The molecule has 0 radical (unpaired) electrons. The minimum Gasteiger partial charge on any atom is -0.289 e. The van der Waals surface area contributed by atoms with E-state index < -0.39 is 0 Å². The van der Waals surface area contributed by atoms with Gasteiger partial charge in [0.25, 0.3) is 0 Å². The number of aryl methyl sites for hydroxylation is 1. The molecule has 2 aromatic carbocycles. The van der Waals surface area contributed by atoms with Crippen LogP contribution in [0.2, 0.25) is 0 Å². The van der Waals surface area contributed by atoms with Gasteiger partial charge in [-0.05, 0) is 30.7 Å². The van der Waals surface area contributed by atoms with Gasteiger partial charge >= 0.3 is 0 Å². The molecule has 2 rings (SSSR count). The molecule has 80 valence electrons. The molecule has 0 saturated carbocycles. The predicted octanol–water partition coefficient (Wildman–Crippen LogP) is 3.99. The fourth-order valence-corrected chi connectivity index (χ4v) is 2.10. The van der Waals surface area contributed by atoms with E-state index >= 15 is 0 Å². The maximum Gasteiger partial charge on any atom is 0.193 e. The van der Waals surface area contributed by atoms with Gasteiger partial charge in [0.15, 0.2) is 5.78 Å². The van der Waals surface area contributed by atoms with Crippen LogP contribution in [-0.2, 0) is 0 Å². The average Bonchev–Trinajstić information content (AvgIpc) is 2.29. The predicted molar refractivity (Wildman–Crippen MR) is 68.8 cm³/mol. The molecule has 0 aliphatic carbocycles. The number of hydrogen-bond acceptors (Lipinski definition) is 1. The van der Waals surface area contributed by atoms with E-state index in [4.69, 9.17) is 0 Å². The standard InChI is InChI=1S/C14H11BrO/c1-10-9-12(15)7-8-13(10)14(16)11-5-3-2-4-6-11/h2-9H,1H3. The van der Waals surface area contributed by atoms with Gasteiger partial charge in [-0.2, -0.15) is 0 Å². The number of carbonyl (C=O) groups excluding carboxylic acids is 1. The third-order valence-corrected chi connectivity index (χ3v) is 2.96. The molecule has 1 nitrogen and oxygen atoms in total. The number of rotatable bonds is 2. The van der Waals surface area contributed by atoms with Crippen molar-refractivity contribution in [2.24, 2.45) is 0 Å². The molecular formula is C14H11BrO. The monoisotopic (exact) mass is 274 g/mol. The average molecular weight is 275 g/mol. The van der Waals surface area contributed by atoms with E-state index in [-0.39, 0.29) is 5.78 Å². The van der Waals surface area contributed by atoms with E-state index in [0.717, 1.165) is 21.2 Å². The zero-order chi connectivity index (χ0) is 11.5. The molecule has 2 aromatic rings. The minimum atomic E-state index is 0.0746. The smallest absolute Gasteiger partial charge is 0.193 e. The lowest BCUT2D eigenvalue weighted by atomic mass is 9.99. The van der Waals surface area contributed by atoms with Gasteiger partial charge in [0, 0.05) is 15.6 Å². The molecule has 0 amide bonds. The van der Waals surface area contributed by atoms with Crippen molar-refractivity contribution in [1.82, 2.24) is 0 Å². The Hall–Kier alpha value is -1.41. The van der Waals surface area contributed by atoms with Crippen LogP contribution in [0.4, 0.5) is 0 Å². The summed E-state index contributed by atoms with van der Waals surface area (Å²) < 4.78 is 0.995. The Morgan fingerprint density at radius 3 is 2.38 bits per heavy atom. The lowest BCUT2D eigenvalue weighted by Crippen LogP contribution is -2.03. The zero-order valence-corrected chi connectivity index (χ0v) is 10.5. The first-order chi connectivity index (χ1) is 7.68. The molecule has 0 saturated heterocycles. The van der Waals surface area contributed by atoms with Crippen LogP contribution in [0.15, 0.2) is 53.0 Å². The lowest BCUT2D eigenvalue weighted by molar-refractivity contribution is 0.103. The van der Waals surface area contributed by atoms with Crippen LogP contribution in [0.1, 0.15) is 21.5 Å². The Kier molecular flexibility index (Phi) is 3.20. The van der Waals surface area contributed by atoms with Crippen molar-refractivity contribution in [1.29, 1.82) is 0 Å². The van der Waals surface area contributed by atoms with Crippen molar-refractivity contribution in [2.75, 3.05) is 0 Å². The molecule has 0 fully saturated rings. The fourth-order valence-electron chi connectivity index (χ4n) is 1.63. The third-order valence-electron chi connectivity index (χ3n) is 2.47. The number of carbonyl (C=O) groups is 1. The van der Waals surface area contributed by atoms with Crippen molar-refractivity contribution in [3.05, 3.63) is 69.7 Å². The van der Waals surface area contributed by atoms with E-state index in [1.54, 1.807) is 0 Å². The van der Waals surface area contributed by atoms with Crippen molar-refractivity contribution in [3.63, 3.8) is 0 Å². The van der Waals surface area contributed by atoms with Gasteiger partial charge in [-0.15, -0.1) is 0 Å². The Morgan fingerprint density at radius 2 is 1.75 bits per heavy atom. The van der Waals surface area contributed by atoms with Crippen LogP contribution in [0.3, 0.4) is 0 Å². The van der Waals surface area contributed by atoms with Gasteiger partial charge in [-0.1, -0.05) is 46.3 Å². The van der Waals surface area contributed by atoms with E-state index in [1.807, 2.05) is 55.5 Å². The highest BCUT2D eigenvalue weighted by atomic mass is 79.9. The molecule has 0 unspecified atom stereocenters. The summed E-state index contributed by atoms with van der Waals surface area (Å²) in [5.41, 5.74) is 2.48. The summed E-state index contributed by atoms with van der Waals surface area (Å²) in [4.78, 5) is 12.2. The van der Waals surface area contributed by atoms with Gasteiger partial charge in [-0.3, -0.25) is 4.79 Å². The summed E-state index contributed by atoms with van der Waals surface area (Å²) in [6, 6.07) is 15.0. The van der Waals surface area contributed by atoms with Crippen LogP contribution in [0.5, 0.6) is 0 Å². The Balaban J connectivity index is 2.42. The Labute approximate surface area is 103 Å². The molecule has 2 heteroatoms. The second-order valence-corrected chi connectivity index (χ2v) is 4.57. The van der Waals surface area contributed by atoms with Crippen LogP contribution in [0.25, 0.3) is 0 Å². The molecular weight excluding hydrogens is 264 g/mol. The number of hydrogen-bond donors (Lipinski definition) is 0. The third kappa shape index (κ3) is 2.22.